The van der Waals surface area contributed by atoms with Crippen molar-refractivity contribution in [1.29, 1.82) is 0 Å². The molecule has 0 saturated carbocycles. The molecule has 0 atom stereocenters. The molecule has 8 heteroatoms. The van der Waals surface area contributed by atoms with Gasteiger partial charge in [-0.1, -0.05) is 20.8 Å². The maximum Gasteiger partial charge on any atom is 0.191 e. The van der Waals surface area contributed by atoms with Crippen molar-refractivity contribution in [2.24, 2.45) is 4.99 Å². The van der Waals surface area contributed by atoms with Crippen molar-refractivity contribution in [3.63, 3.8) is 0 Å². The molecule has 0 aliphatic heterocycles. The number of guanidine groups is 1. The summed E-state index contributed by atoms with van der Waals surface area (Å²) in [6.45, 7) is 7.80. The Morgan fingerprint density at radius 3 is 2.59 bits per heavy atom. The minimum atomic E-state index is -0.712. The predicted molar refractivity (Wildman–Crippen MR) is 106 cm³/mol. The zero-order chi connectivity index (χ0) is 19.9. The minimum absolute atomic E-state index is 0.0274. The highest BCUT2D eigenvalue weighted by Crippen LogP contribution is 2.23. The van der Waals surface area contributed by atoms with Gasteiger partial charge in [0.05, 0.1) is 17.2 Å². The van der Waals surface area contributed by atoms with E-state index in [-0.39, 0.29) is 17.8 Å². The van der Waals surface area contributed by atoms with Crippen LogP contribution in [0.3, 0.4) is 0 Å². The Morgan fingerprint density at radius 1 is 1.22 bits per heavy atom. The molecule has 0 spiro atoms. The topological polar surface area (TPSA) is 58.5 Å². The summed E-state index contributed by atoms with van der Waals surface area (Å²) < 4.78 is 31.6. The first-order valence-corrected chi connectivity index (χ1v) is 9.65. The van der Waals surface area contributed by atoms with E-state index < -0.39 is 11.6 Å². The minimum Gasteiger partial charge on any atom is -0.489 e. The van der Waals surface area contributed by atoms with Gasteiger partial charge >= 0.3 is 0 Å². The van der Waals surface area contributed by atoms with E-state index in [2.05, 4.69) is 46.8 Å². The summed E-state index contributed by atoms with van der Waals surface area (Å²) in [7, 11) is 1.68. The second-order valence-corrected chi connectivity index (χ2v) is 7.92. The second-order valence-electron chi connectivity index (χ2n) is 6.98. The third kappa shape index (κ3) is 6.78. The Morgan fingerprint density at radius 2 is 1.96 bits per heavy atom. The average Bonchev–Trinajstić information content (AvgIpc) is 3.08. The van der Waals surface area contributed by atoms with E-state index in [0.717, 1.165) is 29.3 Å². The number of hydrogen-bond donors (Lipinski definition) is 2. The number of rotatable bonds is 7. The van der Waals surface area contributed by atoms with Crippen LogP contribution in [-0.4, -0.2) is 37.7 Å². The first-order valence-electron chi connectivity index (χ1n) is 8.77. The molecule has 0 saturated heterocycles. The third-order valence-electron chi connectivity index (χ3n) is 3.72. The molecular weight excluding hydrogens is 370 g/mol. The normalized spacial score (nSPS) is 12.1. The summed E-state index contributed by atoms with van der Waals surface area (Å²) in [5, 5.41) is 9.48. The van der Waals surface area contributed by atoms with E-state index in [9.17, 15) is 8.78 Å². The van der Waals surface area contributed by atoms with Gasteiger partial charge in [0.15, 0.2) is 17.5 Å². The fourth-order valence-corrected chi connectivity index (χ4v) is 3.23. The van der Waals surface area contributed by atoms with Crippen molar-refractivity contribution >= 4 is 17.3 Å². The summed E-state index contributed by atoms with van der Waals surface area (Å²) in [6.07, 6.45) is 0.804. The molecule has 0 aliphatic rings. The van der Waals surface area contributed by atoms with Gasteiger partial charge in [-0.2, -0.15) is 0 Å². The Balaban J connectivity index is 1.69. The lowest BCUT2D eigenvalue weighted by molar-refractivity contribution is 0.304. The fourth-order valence-electron chi connectivity index (χ4n) is 2.20. The van der Waals surface area contributed by atoms with Gasteiger partial charge in [-0.05, 0) is 12.1 Å². The first-order chi connectivity index (χ1) is 12.8. The summed E-state index contributed by atoms with van der Waals surface area (Å²) in [4.78, 5) is 8.80. The van der Waals surface area contributed by atoms with E-state index in [1.807, 2.05) is 0 Å². The van der Waals surface area contributed by atoms with E-state index >= 15 is 0 Å². The molecule has 0 aliphatic carbocycles. The van der Waals surface area contributed by atoms with Crippen LogP contribution in [0.25, 0.3) is 0 Å². The third-order valence-corrected chi connectivity index (χ3v) is 4.63. The summed E-state index contributed by atoms with van der Waals surface area (Å²) in [5.41, 5.74) is 1.17. The molecule has 0 radical (unpaired) electrons. The summed E-state index contributed by atoms with van der Waals surface area (Å²) in [5.74, 6) is -0.682. The van der Waals surface area contributed by atoms with Crippen LogP contribution in [0.1, 0.15) is 31.5 Å². The van der Waals surface area contributed by atoms with Gasteiger partial charge in [0.1, 0.15) is 12.4 Å². The number of aliphatic imine (C=N–C) groups is 1. The van der Waals surface area contributed by atoms with Crippen LogP contribution in [0.2, 0.25) is 0 Å². The molecule has 148 valence electrons. The molecule has 0 fully saturated rings. The number of nitrogens with one attached hydrogen (secondary N) is 2. The average molecular weight is 397 g/mol. The molecule has 1 aromatic carbocycles. The molecule has 0 unspecified atom stereocenters. The quantitative estimate of drug-likeness (QED) is 0.427. The molecule has 27 heavy (non-hydrogen) atoms. The highest BCUT2D eigenvalue weighted by atomic mass is 32.1. The van der Waals surface area contributed by atoms with E-state index in [1.165, 1.54) is 6.07 Å². The van der Waals surface area contributed by atoms with Crippen molar-refractivity contribution < 1.29 is 13.5 Å². The SMILES string of the molecule is CN=C(NCCOc1ccc(F)cc1F)NCCc1nc(C(C)(C)C)cs1. The Hall–Kier alpha value is -2.22. The monoisotopic (exact) mass is 396 g/mol. The lowest BCUT2D eigenvalue weighted by Crippen LogP contribution is -2.40. The molecular formula is C19H26F2N4OS. The highest BCUT2D eigenvalue weighted by molar-refractivity contribution is 7.09. The molecule has 2 aromatic rings. The summed E-state index contributed by atoms with van der Waals surface area (Å²) in [6, 6.07) is 3.24. The fraction of sp³-hybridized carbons (Fsp3) is 0.474. The molecule has 0 bridgehead atoms. The van der Waals surface area contributed by atoms with Crippen LogP contribution in [0.5, 0.6) is 5.75 Å². The van der Waals surface area contributed by atoms with Gasteiger partial charge in [-0.15, -0.1) is 11.3 Å². The van der Waals surface area contributed by atoms with E-state index in [0.29, 0.717) is 19.0 Å². The van der Waals surface area contributed by atoms with Crippen LogP contribution in [0, 0.1) is 11.6 Å². The highest BCUT2D eigenvalue weighted by Gasteiger charge is 2.17. The number of thiazole rings is 1. The van der Waals surface area contributed by atoms with Crippen LogP contribution >= 0.6 is 11.3 Å². The van der Waals surface area contributed by atoms with Gasteiger partial charge in [0, 0.05) is 36.9 Å². The van der Waals surface area contributed by atoms with Crippen LogP contribution < -0.4 is 15.4 Å². The maximum atomic E-state index is 13.5. The summed E-state index contributed by atoms with van der Waals surface area (Å²) >= 11 is 1.66. The zero-order valence-electron chi connectivity index (χ0n) is 16.1. The maximum absolute atomic E-state index is 13.5. The standard InChI is InChI=1S/C19H26F2N4OS/c1-19(2,3)16-12-27-17(25-16)7-8-23-18(22-4)24-9-10-26-15-6-5-13(20)11-14(15)21/h5-6,11-12H,7-10H2,1-4H3,(H2,22,23,24). The molecule has 1 heterocycles. The second kappa shape index (κ2) is 9.64. The largest absolute Gasteiger partial charge is 0.489 e. The lowest BCUT2D eigenvalue weighted by atomic mass is 9.93. The predicted octanol–water partition coefficient (Wildman–Crippen LogP) is 3.51. The molecule has 2 N–H and O–H groups in total. The van der Waals surface area contributed by atoms with Crippen molar-refractivity contribution in [1.82, 2.24) is 15.6 Å². The van der Waals surface area contributed by atoms with Gasteiger partial charge in [-0.3, -0.25) is 4.99 Å². The van der Waals surface area contributed by atoms with Crippen LogP contribution in [0.15, 0.2) is 28.6 Å². The number of hydrogen-bond acceptors (Lipinski definition) is 4. The lowest BCUT2D eigenvalue weighted by Gasteiger charge is -2.14. The molecule has 5 nitrogen and oxygen atoms in total. The first kappa shape index (κ1) is 21.1. The Labute approximate surface area is 162 Å². The van der Waals surface area contributed by atoms with Crippen molar-refractivity contribution in [2.75, 3.05) is 26.7 Å². The number of benzene rings is 1. The van der Waals surface area contributed by atoms with E-state index in [4.69, 9.17) is 4.74 Å². The molecule has 1 aromatic heterocycles. The van der Waals surface area contributed by atoms with Gasteiger partial charge < -0.3 is 15.4 Å². The smallest absolute Gasteiger partial charge is 0.191 e. The van der Waals surface area contributed by atoms with Gasteiger partial charge in [0.25, 0.3) is 0 Å². The van der Waals surface area contributed by atoms with Gasteiger partial charge in [-0.25, -0.2) is 13.8 Å². The number of nitrogens with zero attached hydrogens (tertiary/aromatic N) is 2. The molecule has 0 amide bonds. The van der Waals surface area contributed by atoms with Crippen LogP contribution in [0.4, 0.5) is 8.78 Å². The van der Waals surface area contributed by atoms with E-state index in [1.54, 1.807) is 18.4 Å². The Bertz CT molecular complexity index is 771. The Kier molecular flexibility index (Phi) is 7.53. The van der Waals surface area contributed by atoms with Crippen molar-refractivity contribution in [2.45, 2.75) is 32.6 Å². The van der Waals surface area contributed by atoms with Crippen molar-refractivity contribution in [3.8, 4) is 5.75 Å². The van der Waals surface area contributed by atoms with Crippen LogP contribution in [-0.2, 0) is 11.8 Å². The zero-order valence-corrected chi connectivity index (χ0v) is 16.9. The number of ether oxygens (including phenoxy) is 1. The number of halogens is 2. The van der Waals surface area contributed by atoms with Crippen molar-refractivity contribution in [3.05, 3.63) is 45.9 Å². The molecule has 2 rings (SSSR count). The number of aromatic nitrogens is 1. The van der Waals surface area contributed by atoms with Gasteiger partial charge in [0.2, 0.25) is 0 Å².